The number of aliphatic carboxylic acids is 1. The number of thioether (sulfide) groups is 1. The van der Waals surface area contributed by atoms with Crippen molar-refractivity contribution in [1.82, 2.24) is 5.32 Å². The van der Waals surface area contributed by atoms with Gasteiger partial charge in [0.2, 0.25) is 17.7 Å². The number of rotatable bonds is 7. The normalized spacial score (nSPS) is 17.6. The molecule has 0 aliphatic carbocycles. The van der Waals surface area contributed by atoms with Gasteiger partial charge in [-0.05, 0) is 12.1 Å². The van der Waals surface area contributed by atoms with Gasteiger partial charge in [0.1, 0.15) is 6.04 Å². The number of carbonyl (C=O) groups is 5. The first-order chi connectivity index (χ1) is 12.8. The van der Waals surface area contributed by atoms with E-state index in [0.717, 1.165) is 16.7 Å². The van der Waals surface area contributed by atoms with Gasteiger partial charge >= 0.3 is 11.9 Å². The Morgan fingerprint density at radius 1 is 1.33 bits per heavy atom. The predicted octanol–water partition coefficient (Wildman–Crippen LogP) is 0.428. The van der Waals surface area contributed by atoms with Gasteiger partial charge < -0.3 is 15.2 Å². The number of amides is 3. The Hall–Kier alpha value is -2.88. The Labute approximate surface area is 159 Å². The van der Waals surface area contributed by atoms with Crippen LogP contribution < -0.4 is 10.2 Å². The number of nitrogens with zero attached hydrogens (tertiary/aromatic N) is 1. The van der Waals surface area contributed by atoms with Gasteiger partial charge in [-0.15, -0.1) is 11.8 Å². The highest BCUT2D eigenvalue weighted by molar-refractivity contribution is 8.00. The molecule has 1 aliphatic heterocycles. The molecule has 1 saturated heterocycles. The summed E-state index contributed by atoms with van der Waals surface area (Å²) >= 11 is 0.969. The Balaban J connectivity index is 2.17. The zero-order valence-electron chi connectivity index (χ0n) is 14.6. The van der Waals surface area contributed by atoms with Gasteiger partial charge in [-0.1, -0.05) is 12.1 Å². The quantitative estimate of drug-likeness (QED) is 0.503. The lowest BCUT2D eigenvalue weighted by Crippen LogP contribution is -2.42. The standard InChI is InChI=1S/C17H18N2O7S/c1-9(20)18-11(16(23)24)8-27-13-7-14(21)19(15(13)22)12-6-4-3-5-10(12)17(25)26-2/h3-6,11,13H,7-8H2,1-2H3,(H,18,20)(H,23,24). The first-order valence-electron chi connectivity index (χ1n) is 7.92. The molecule has 2 rings (SSSR count). The van der Waals surface area contributed by atoms with Crippen molar-refractivity contribution in [2.45, 2.75) is 24.6 Å². The lowest BCUT2D eigenvalue weighted by Gasteiger charge is -2.18. The second kappa shape index (κ2) is 8.67. The van der Waals surface area contributed by atoms with E-state index in [4.69, 9.17) is 5.11 Å². The van der Waals surface area contributed by atoms with Gasteiger partial charge in [0.15, 0.2) is 0 Å². The van der Waals surface area contributed by atoms with Crippen molar-refractivity contribution in [3.63, 3.8) is 0 Å². The molecule has 1 aliphatic rings. The Kier molecular flexibility index (Phi) is 6.56. The Morgan fingerprint density at radius 2 is 2.00 bits per heavy atom. The molecule has 10 heteroatoms. The van der Waals surface area contributed by atoms with E-state index in [-0.39, 0.29) is 23.4 Å². The van der Waals surface area contributed by atoms with E-state index in [0.29, 0.717) is 0 Å². The molecule has 2 unspecified atom stereocenters. The number of anilines is 1. The number of nitrogens with one attached hydrogen (secondary N) is 1. The van der Waals surface area contributed by atoms with Crippen molar-refractivity contribution in [2.24, 2.45) is 0 Å². The fourth-order valence-corrected chi connectivity index (χ4v) is 3.73. The molecular formula is C17H18N2O7S. The van der Waals surface area contributed by atoms with E-state index >= 15 is 0 Å². The number of carbonyl (C=O) groups excluding carboxylic acids is 4. The number of para-hydroxylation sites is 1. The fraction of sp³-hybridized carbons (Fsp3) is 0.353. The molecule has 2 N–H and O–H groups in total. The molecule has 0 bridgehead atoms. The van der Waals surface area contributed by atoms with E-state index in [1.165, 1.54) is 26.2 Å². The second-order valence-corrected chi connectivity index (χ2v) is 6.93. The van der Waals surface area contributed by atoms with Crippen LogP contribution in [0, 0.1) is 0 Å². The maximum absolute atomic E-state index is 12.7. The molecule has 144 valence electrons. The highest BCUT2D eigenvalue weighted by Crippen LogP contribution is 2.32. The summed E-state index contributed by atoms with van der Waals surface area (Å²) in [5, 5.41) is 10.6. The van der Waals surface area contributed by atoms with Crippen LogP contribution >= 0.6 is 11.8 Å². The van der Waals surface area contributed by atoms with Crippen LogP contribution in [0.1, 0.15) is 23.7 Å². The lowest BCUT2D eigenvalue weighted by atomic mass is 10.1. The molecule has 0 radical (unpaired) electrons. The number of benzene rings is 1. The summed E-state index contributed by atoms with van der Waals surface area (Å²) in [6, 6.07) is 4.90. The third kappa shape index (κ3) is 4.64. The summed E-state index contributed by atoms with van der Waals surface area (Å²) in [6.07, 6.45) is -0.134. The number of esters is 1. The van der Waals surface area contributed by atoms with Gasteiger partial charge in [0.25, 0.3) is 0 Å². The highest BCUT2D eigenvalue weighted by Gasteiger charge is 2.41. The van der Waals surface area contributed by atoms with Crippen molar-refractivity contribution < 1.29 is 33.8 Å². The van der Waals surface area contributed by atoms with Crippen LogP contribution in [0.4, 0.5) is 5.69 Å². The smallest absolute Gasteiger partial charge is 0.339 e. The van der Waals surface area contributed by atoms with Crippen molar-refractivity contribution in [3.05, 3.63) is 29.8 Å². The average Bonchev–Trinajstić information content (AvgIpc) is 2.91. The van der Waals surface area contributed by atoms with Gasteiger partial charge in [0, 0.05) is 19.1 Å². The number of carboxylic acids is 1. The van der Waals surface area contributed by atoms with E-state index < -0.39 is 41.0 Å². The van der Waals surface area contributed by atoms with Gasteiger partial charge in [-0.25, -0.2) is 14.5 Å². The molecule has 0 aromatic heterocycles. The molecule has 1 aromatic rings. The average molecular weight is 394 g/mol. The number of methoxy groups -OCH3 is 1. The fourth-order valence-electron chi connectivity index (χ4n) is 2.57. The maximum atomic E-state index is 12.7. The van der Waals surface area contributed by atoms with E-state index in [1.54, 1.807) is 12.1 Å². The van der Waals surface area contributed by atoms with Crippen LogP contribution in [0.25, 0.3) is 0 Å². The molecule has 0 saturated carbocycles. The molecule has 1 fully saturated rings. The molecule has 9 nitrogen and oxygen atoms in total. The van der Waals surface area contributed by atoms with Crippen LogP contribution in [0.5, 0.6) is 0 Å². The zero-order valence-corrected chi connectivity index (χ0v) is 15.4. The first kappa shape index (κ1) is 20.4. The Bertz CT molecular complexity index is 795. The third-order valence-corrected chi connectivity index (χ3v) is 5.09. The summed E-state index contributed by atoms with van der Waals surface area (Å²) in [5.41, 5.74) is 0.202. The summed E-state index contributed by atoms with van der Waals surface area (Å²) < 4.78 is 4.68. The monoisotopic (exact) mass is 394 g/mol. The number of imide groups is 1. The lowest BCUT2D eigenvalue weighted by molar-refractivity contribution is -0.140. The van der Waals surface area contributed by atoms with Gasteiger partial charge in [0.05, 0.1) is 23.6 Å². The number of ether oxygens (including phenoxy) is 1. The maximum Gasteiger partial charge on any atom is 0.339 e. The van der Waals surface area contributed by atoms with Crippen molar-refractivity contribution >= 4 is 47.1 Å². The van der Waals surface area contributed by atoms with E-state index in [9.17, 15) is 24.0 Å². The second-order valence-electron chi connectivity index (χ2n) is 5.69. The predicted molar refractivity (Wildman–Crippen MR) is 96.4 cm³/mol. The SMILES string of the molecule is COC(=O)c1ccccc1N1C(=O)CC(SCC(NC(C)=O)C(=O)O)C1=O. The topological polar surface area (TPSA) is 130 Å². The van der Waals surface area contributed by atoms with E-state index in [2.05, 4.69) is 10.1 Å². The third-order valence-electron chi connectivity index (χ3n) is 3.80. The van der Waals surface area contributed by atoms with Gasteiger partial charge in [-0.2, -0.15) is 0 Å². The molecule has 1 aromatic carbocycles. The van der Waals surface area contributed by atoms with Crippen LogP contribution in [0.3, 0.4) is 0 Å². The van der Waals surface area contributed by atoms with Gasteiger partial charge in [-0.3, -0.25) is 14.4 Å². The highest BCUT2D eigenvalue weighted by atomic mass is 32.2. The minimum Gasteiger partial charge on any atom is -0.480 e. The molecule has 2 atom stereocenters. The number of hydrogen-bond donors (Lipinski definition) is 2. The molecule has 0 spiro atoms. The Morgan fingerprint density at radius 3 is 2.59 bits per heavy atom. The summed E-state index contributed by atoms with van der Waals surface area (Å²) in [6.45, 7) is 1.19. The molecule has 27 heavy (non-hydrogen) atoms. The van der Waals surface area contributed by atoms with Crippen LogP contribution in [0.2, 0.25) is 0 Å². The molecule has 3 amide bonds. The largest absolute Gasteiger partial charge is 0.480 e. The minimum absolute atomic E-state index is 0.0778. The zero-order chi connectivity index (χ0) is 20.1. The van der Waals surface area contributed by atoms with Crippen LogP contribution in [0.15, 0.2) is 24.3 Å². The summed E-state index contributed by atoms with van der Waals surface area (Å²) in [5.74, 6) is -3.55. The van der Waals surface area contributed by atoms with Crippen molar-refractivity contribution in [3.8, 4) is 0 Å². The minimum atomic E-state index is -1.23. The summed E-state index contributed by atoms with van der Waals surface area (Å²) in [4.78, 5) is 60.1. The number of hydrogen-bond acceptors (Lipinski definition) is 7. The van der Waals surface area contributed by atoms with Crippen LogP contribution in [-0.2, 0) is 23.9 Å². The number of carboxylic acid groups (broad SMARTS) is 1. The first-order valence-corrected chi connectivity index (χ1v) is 8.96. The molecule has 1 heterocycles. The van der Waals surface area contributed by atoms with Crippen LogP contribution in [-0.4, -0.2) is 58.9 Å². The molecular weight excluding hydrogens is 376 g/mol. The van der Waals surface area contributed by atoms with Crippen molar-refractivity contribution in [2.75, 3.05) is 17.8 Å². The van der Waals surface area contributed by atoms with Crippen molar-refractivity contribution in [1.29, 1.82) is 0 Å². The van der Waals surface area contributed by atoms with E-state index in [1.807, 2.05) is 0 Å². The summed E-state index contributed by atoms with van der Waals surface area (Å²) in [7, 11) is 1.19.